The second kappa shape index (κ2) is 6.41. The topological polar surface area (TPSA) is 47.6 Å². The maximum Gasteiger partial charge on any atom is 0.407 e. The molecule has 0 saturated heterocycles. The van der Waals surface area contributed by atoms with Crippen LogP contribution in [-0.4, -0.2) is 24.8 Å². The molecule has 1 rings (SSSR count). The number of alkyl carbamates (subject to hydrolysis) is 1. The van der Waals surface area contributed by atoms with Gasteiger partial charge in [-0.25, -0.2) is 9.18 Å². The van der Waals surface area contributed by atoms with Gasteiger partial charge in [-0.1, -0.05) is 0 Å². The molecule has 0 saturated carbocycles. The standard InChI is InChI=1S/C14H20FNO3/c1-10-9-11(5-6-12(10)15)18-8-7-16-13(17)19-14(2,3)4/h5-6,9H,7-8H2,1-4H3,(H,16,17). The lowest BCUT2D eigenvalue weighted by Crippen LogP contribution is -2.34. The van der Waals surface area contributed by atoms with E-state index in [1.165, 1.54) is 6.07 Å². The van der Waals surface area contributed by atoms with Gasteiger partial charge in [0.15, 0.2) is 0 Å². The van der Waals surface area contributed by atoms with Gasteiger partial charge in [-0.15, -0.1) is 0 Å². The summed E-state index contributed by atoms with van der Waals surface area (Å²) >= 11 is 0. The maximum atomic E-state index is 13.0. The molecule has 106 valence electrons. The molecule has 0 atom stereocenters. The third-order valence-electron chi connectivity index (χ3n) is 2.17. The van der Waals surface area contributed by atoms with Gasteiger partial charge in [0, 0.05) is 0 Å². The number of aryl methyl sites for hydroxylation is 1. The lowest BCUT2D eigenvalue weighted by atomic mass is 10.2. The molecular weight excluding hydrogens is 249 g/mol. The first kappa shape index (κ1) is 15.3. The summed E-state index contributed by atoms with van der Waals surface area (Å²) in [5.74, 6) is 0.309. The number of halogens is 1. The Balaban J connectivity index is 2.27. The summed E-state index contributed by atoms with van der Waals surface area (Å²) in [4.78, 5) is 11.3. The second-order valence-electron chi connectivity index (χ2n) is 5.19. The molecular formula is C14H20FNO3. The second-order valence-corrected chi connectivity index (χ2v) is 5.19. The molecule has 1 aromatic carbocycles. The zero-order chi connectivity index (χ0) is 14.5. The van der Waals surface area contributed by atoms with Crippen LogP contribution in [0.15, 0.2) is 18.2 Å². The minimum Gasteiger partial charge on any atom is -0.492 e. The van der Waals surface area contributed by atoms with Gasteiger partial charge < -0.3 is 14.8 Å². The molecule has 0 aliphatic carbocycles. The van der Waals surface area contributed by atoms with Crippen molar-refractivity contribution in [3.05, 3.63) is 29.6 Å². The highest BCUT2D eigenvalue weighted by molar-refractivity contribution is 5.67. The van der Waals surface area contributed by atoms with E-state index >= 15 is 0 Å². The Morgan fingerprint density at radius 1 is 1.37 bits per heavy atom. The van der Waals surface area contributed by atoms with Gasteiger partial charge in [-0.2, -0.15) is 0 Å². The molecule has 0 fully saturated rings. The smallest absolute Gasteiger partial charge is 0.407 e. The number of amides is 1. The molecule has 0 aliphatic rings. The third-order valence-corrected chi connectivity index (χ3v) is 2.17. The highest BCUT2D eigenvalue weighted by atomic mass is 19.1. The fraction of sp³-hybridized carbons (Fsp3) is 0.500. The summed E-state index contributed by atoms with van der Waals surface area (Å²) in [6.07, 6.45) is -0.480. The fourth-order valence-corrected chi connectivity index (χ4v) is 1.34. The van der Waals surface area contributed by atoms with E-state index in [0.717, 1.165) is 0 Å². The predicted molar refractivity (Wildman–Crippen MR) is 70.9 cm³/mol. The van der Waals surface area contributed by atoms with Crippen LogP contribution in [0.1, 0.15) is 26.3 Å². The van der Waals surface area contributed by atoms with E-state index in [2.05, 4.69) is 5.32 Å². The quantitative estimate of drug-likeness (QED) is 0.855. The molecule has 0 bridgehead atoms. The van der Waals surface area contributed by atoms with Crippen molar-refractivity contribution < 1.29 is 18.7 Å². The van der Waals surface area contributed by atoms with Gasteiger partial charge in [0.2, 0.25) is 0 Å². The molecule has 0 radical (unpaired) electrons. The number of ether oxygens (including phenoxy) is 2. The first-order valence-electron chi connectivity index (χ1n) is 6.14. The van der Waals surface area contributed by atoms with E-state index in [-0.39, 0.29) is 5.82 Å². The summed E-state index contributed by atoms with van der Waals surface area (Å²) in [6.45, 7) is 7.68. The van der Waals surface area contributed by atoms with Crippen LogP contribution in [0.2, 0.25) is 0 Å². The van der Waals surface area contributed by atoms with E-state index in [9.17, 15) is 9.18 Å². The van der Waals surface area contributed by atoms with Crippen LogP contribution in [0, 0.1) is 12.7 Å². The maximum absolute atomic E-state index is 13.0. The van der Waals surface area contributed by atoms with E-state index in [1.807, 2.05) is 0 Å². The van der Waals surface area contributed by atoms with Crippen LogP contribution in [0.25, 0.3) is 0 Å². The SMILES string of the molecule is Cc1cc(OCCNC(=O)OC(C)(C)C)ccc1F. The Bertz CT molecular complexity index is 441. The zero-order valence-electron chi connectivity index (χ0n) is 11.7. The van der Waals surface area contributed by atoms with Crippen LogP contribution in [0.5, 0.6) is 5.75 Å². The zero-order valence-corrected chi connectivity index (χ0v) is 11.7. The Kier molecular flexibility index (Phi) is 5.15. The van der Waals surface area contributed by atoms with Crippen molar-refractivity contribution in [3.8, 4) is 5.75 Å². The molecule has 0 unspecified atom stereocenters. The van der Waals surface area contributed by atoms with Crippen LogP contribution >= 0.6 is 0 Å². The monoisotopic (exact) mass is 269 g/mol. The Morgan fingerprint density at radius 2 is 2.05 bits per heavy atom. The molecule has 4 nitrogen and oxygen atoms in total. The van der Waals surface area contributed by atoms with Gasteiger partial charge in [-0.05, 0) is 51.5 Å². The van der Waals surface area contributed by atoms with Gasteiger partial charge in [0.1, 0.15) is 23.8 Å². The van der Waals surface area contributed by atoms with Crippen molar-refractivity contribution in [2.75, 3.05) is 13.2 Å². The van der Waals surface area contributed by atoms with Crippen LogP contribution in [-0.2, 0) is 4.74 Å². The van der Waals surface area contributed by atoms with Crippen molar-refractivity contribution in [3.63, 3.8) is 0 Å². The van der Waals surface area contributed by atoms with E-state index in [1.54, 1.807) is 39.8 Å². The lowest BCUT2D eigenvalue weighted by Gasteiger charge is -2.19. The summed E-state index contributed by atoms with van der Waals surface area (Å²) in [5.41, 5.74) is 0.0107. The van der Waals surface area contributed by atoms with E-state index < -0.39 is 11.7 Å². The number of hydrogen-bond donors (Lipinski definition) is 1. The number of carbonyl (C=O) groups is 1. The van der Waals surface area contributed by atoms with Crippen molar-refractivity contribution in [2.45, 2.75) is 33.3 Å². The number of hydrogen-bond acceptors (Lipinski definition) is 3. The molecule has 1 N–H and O–H groups in total. The third kappa shape index (κ3) is 6.08. The number of nitrogens with one attached hydrogen (secondary N) is 1. The highest BCUT2D eigenvalue weighted by Crippen LogP contribution is 2.15. The van der Waals surface area contributed by atoms with Crippen LogP contribution < -0.4 is 10.1 Å². The molecule has 0 spiro atoms. The number of carbonyl (C=O) groups excluding carboxylic acids is 1. The minimum absolute atomic E-state index is 0.265. The average molecular weight is 269 g/mol. The normalized spacial score (nSPS) is 11.0. The summed E-state index contributed by atoms with van der Waals surface area (Å²) in [6, 6.07) is 4.52. The van der Waals surface area contributed by atoms with Crippen molar-refractivity contribution in [2.24, 2.45) is 0 Å². The largest absolute Gasteiger partial charge is 0.492 e. The number of rotatable bonds is 4. The predicted octanol–water partition coefficient (Wildman–Crippen LogP) is 3.04. The van der Waals surface area contributed by atoms with Gasteiger partial charge in [0.25, 0.3) is 0 Å². The van der Waals surface area contributed by atoms with E-state index in [0.29, 0.717) is 24.5 Å². The Labute approximate surface area is 112 Å². The molecule has 19 heavy (non-hydrogen) atoms. The van der Waals surface area contributed by atoms with E-state index in [4.69, 9.17) is 9.47 Å². The lowest BCUT2D eigenvalue weighted by molar-refractivity contribution is 0.0520. The summed E-state index contributed by atoms with van der Waals surface area (Å²) in [7, 11) is 0. The Hall–Kier alpha value is -1.78. The molecule has 5 heteroatoms. The number of benzene rings is 1. The van der Waals surface area contributed by atoms with Gasteiger partial charge in [0.05, 0.1) is 6.54 Å². The van der Waals surface area contributed by atoms with Crippen molar-refractivity contribution >= 4 is 6.09 Å². The molecule has 0 aliphatic heterocycles. The van der Waals surface area contributed by atoms with Crippen molar-refractivity contribution in [1.29, 1.82) is 0 Å². The van der Waals surface area contributed by atoms with Crippen LogP contribution in [0.4, 0.5) is 9.18 Å². The van der Waals surface area contributed by atoms with Gasteiger partial charge in [-0.3, -0.25) is 0 Å². The molecule has 0 aromatic heterocycles. The average Bonchev–Trinajstić information content (AvgIpc) is 2.27. The Morgan fingerprint density at radius 3 is 2.63 bits per heavy atom. The molecule has 1 amide bonds. The summed E-state index contributed by atoms with van der Waals surface area (Å²) < 4.78 is 23.5. The molecule has 1 aromatic rings. The fourth-order valence-electron chi connectivity index (χ4n) is 1.34. The minimum atomic E-state index is -0.515. The molecule has 0 heterocycles. The van der Waals surface area contributed by atoms with Crippen LogP contribution in [0.3, 0.4) is 0 Å². The highest BCUT2D eigenvalue weighted by Gasteiger charge is 2.15. The first-order chi connectivity index (χ1) is 8.78. The van der Waals surface area contributed by atoms with Gasteiger partial charge >= 0.3 is 6.09 Å². The first-order valence-corrected chi connectivity index (χ1v) is 6.14. The summed E-state index contributed by atoms with van der Waals surface area (Å²) in [5, 5.41) is 2.58. The van der Waals surface area contributed by atoms with Crippen molar-refractivity contribution in [1.82, 2.24) is 5.32 Å².